The molecule has 4 aromatic rings. The van der Waals surface area contributed by atoms with Gasteiger partial charge in [-0.2, -0.15) is 5.10 Å². The molecule has 5 rings (SSSR count). The summed E-state index contributed by atoms with van der Waals surface area (Å²) in [6, 6.07) is 15.4. The molecule has 0 spiro atoms. The lowest BCUT2D eigenvalue weighted by molar-refractivity contribution is -0.896. The number of nitrogens with zero attached hydrogens (tertiary/aromatic N) is 5. The molecule has 0 amide bonds. The van der Waals surface area contributed by atoms with Crippen LogP contribution in [-0.2, 0) is 5.41 Å². The van der Waals surface area contributed by atoms with Crippen LogP contribution in [0.4, 0.5) is 10.1 Å². The minimum atomic E-state index is -0.689. The van der Waals surface area contributed by atoms with Crippen molar-refractivity contribution in [2.75, 3.05) is 27.2 Å². The van der Waals surface area contributed by atoms with Crippen LogP contribution in [-0.4, -0.2) is 57.7 Å². The van der Waals surface area contributed by atoms with Crippen LogP contribution < -0.4 is 5.11 Å². The number of likely N-dealkylation sites (tertiary alicyclic amines) is 1. The van der Waals surface area contributed by atoms with E-state index in [0.717, 1.165) is 46.7 Å². The predicted octanol–water partition coefficient (Wildman–Crippen LogP) is 3.87. The fourth-order valence-corrected chi connectivity index (χ4v) is 4.64. The van der Waals surface area contributed by atoms with E-state index in [1.807, 2.05) is 36.5 Å². The Morgan fingerprint density at radius 3 is 2.34 bits per heavy atom. The van der Waals surface area contributed by atoms with Gasteiger partial charge in [-0.05, 0) is 29.2 Å². The standard InChI is InChI=1S/C27H27FN6O/c1-34(2)12-10-27(11-13-34,22-8-6-19(7-9-22)21-15-31-32-16-21)26(35)33-24-5-3-4-20(14-24)25-29-17-23(28)18-30-25/h3-9,14-18H,10-13H2,1-2H3,(H-,31,32,33,35). The van der Waals surface area contributed by atoms with Crippen LogP contribution in [0, 0.1) is 5.82 Å². The third-order valence-electron chi connectivity index (χ3n) is 6.92. The van der Waals surface area contributed by atoms with Crippen molar-refractivity contribution in [3.63, 3.8) is 0 Å². The number of aromatic amines is 1. The molecule has 1 fully saturated rings. The number of halogens is 1. The normalized spacial score (nSPS) is 17.3. The van der Waals surface area contributed by atoms with Crippen LogP contribution in [0.1, 0.15) is 18.4 Å². The van der Waals surface area contributed by atoms with Crippen LogP contribution in [0.3, 0.4) is 0 Å². The Hall–Kier alpha value is -3.91. The van der Waals surface area contributed by atoms with Crippen molar-refractivity contribution < 1.29 is 14.0 Å². The van der Waals surface area contributed by atoms with E-state index in [-0.39, 0.29) is 5.90 Å². The highest BCUT2D eigenvalue weighted by molar-refractivity contribution is 5.87. The molecule has 7 nitrogen and oxygen atoms in total. The van der Waals surface area contributed by atoms with E-state index in [4.69, 9.17) is 0 Å². The third-order valence-corrected chi connectivity index (χ3v) is 6.92. The Kier molecular flexibility index (Phi) is 5.90. The molecule has 0 atom stereocenters. The average Bonchev–Trinajstić information content (AvgIpc) is 3.40. The van der Waals surface area contributed by atoms with Gasteiger partial charge in [-0.25, -0.2) is 14.4 Å². The van der Waals surface area contributed by atoms with Crippen LogP contribution in [0.2, 0.25) is 0 Å². The first-order valence-electron chi connectivity index (χ1n) is 11.6. The zero-order valence-corrected chi connectivity index (χ0v) is 19.8. The fraction of sp³-hybridized carbons (Fsp3) is 0.259. The van der Waals surface area contributed by atoms with Crippen molar-refractivity contribution >= 4 is 11.6 Å². The summed E-state index contributed by atoms with van der Waals surface area (Å²) in [5.74, 6) is -0.258. The number of hydrogen-bond acceptors (Lipinski definition) is 5. The zero-order chi connectivity index (χ0) is 24.5. The minimum absolute atomic E-state index is 0.148. The Labute approximate surface area is 203 Å². The molecule has 1 N–H and O–H groups in total. The van der Waals surface area contributed by atoms with Crippen LogP contribution >= 0.6 is 0 Å². The molecule has 2 aromatic heterocycles. The molecule has 0 unspecified atom stereocenters. The number of aliphatic imine (C=N–C) groups is 1. The maximum Gasteiger partial charge on any atom is 0.159 e. The third kappa shape index (κ3) is 4.70. The first-order valence-corrected chi connectivity index (χ1v) is 11.6. The molecule has 35 heavy (non-hydrogen) atoms. The maximum absolute atomic E-state index is 13.8. The van der Waals surface area contributed by atoms with Gasteiger partial charge >= 0.3 is 0 Å². The summed E-state index contributed by atoms with van der Waals surface area (Å²) in [5, 5.41) is 20.7. The second-order valence-corrected chi connectivity index (χ2v) is 9.72. The summed E-state index contributed by atoms with van der Waals surface area (Å²) in [7, 11) is 4.39. The van der Waals surface area contributed by atoms with E-state index in [2.05, 4.69) is 39.3 Å². The van der Waals surface area contributed by atoms with Gasteiger partial charge in [0.25, 0.3) is 0 Å². The topological polar surface area (TPSA) is 89.9 Å². The van der Waals surface area contributed by atoms with Gasteiger partial charge in [0.05, 0.1) is 51.5 Å². The van der Waals surface area contributed by atoms with E-state index in [0.29, 0.717) is 29.9 Å². The van der Waals surface area contributed by atoms with Crippen molar-refractivity contribution in [2.45, 2.75) is 18.3 Å². The summed E-state index contributed by atoms with van der Waals surface area (Å²) in [6.45, 7) is 1.77. The first-order chi connectivity index (χ1) is 16.8. The van der Waals surface area contributed by atoms with E-state index in [9.17, 15) is 9.50 Å². The molecule has 178 valence electrons. The maximum atomic E-state index is 13.8. The number of hydrogen-bond donors (Lipinski definition) is 1. The molecular formula is C27H27FN6O. The Balaban J connectivity index is 1.51. The molecule has 0 radical (unpaired) electrons. The number of aromatic nitrogens is 4. The van der Waals surface area contributed by atoms with Gasteiger partial charge in [0.1, 0.15) is 0 Å². The molecule has 3 heterocycles. The van der Waals surface area contributed by atoms with Gasteiger partial charge < -0.3 is 9.59 Å². The van der Waals surface area contributed by atoms with Crippen molar-refractivity contribution in [1.82, 2.24) is 20.2 Å². The minimum Gasteiger partial charge on any atom is -0.861 e. The molecular weight excluding hydrogens is 443 g/mol. The van der Waals surface area contributed by atoms with Gasteiger partial charge in [0.2, 0.25) is 0 Å². The van der Waals surface area contributed by atoms with Crippen molar-refractivity contribution in [1.29, 1.82) is 0 Å². The summed E-state index contributed by atoms with van der Waals surface area (Å²) in [6.07, 6.45) is 7.32. The monoisotopic (exact) mass is 470 g/mol. The molecule has 2 aromatic carbocycles. The lowest BCUT2D eigenvalue weighted by atomic mass is 9.71. The van der Waals surface area contributed by atoms with E-state index < -0.39 is 11.2 Å². The molecule has 8 heteroatoms. The van der Waals surface area contributed by atoms with E-state index in [1.54, 1.807) is 24.4 Å². The second kappa shape index (κ2) is 9.03. The number of quaternary nitrogens is 1. The lowest BCUT2D eigenvalue weighted by Crippen LogP contribution is -2.56. The summed E-state index contributed by atoms with van der Waals surface area (Å²) in [5.41, 5.74) is 3.55. The smallest absolute Gasteiger partial charge is 0.159 e. The van der Waals surface area contributed by atoms with E-state index >= 15 is 0 Å². The predicted molar refractivity (Wildman–Crippen MR) is 131 cm³/mol. The summed E-state index contributed by atoms with van der Waals surface area (Å²) < 4.78 is 14.1. The van der Waals surface area contributed by atoms with Gasteiger partial charge in [0.15, 0.2) is 11.6 Å². The highest BCUT2D eigenvalue weighted by atomic mass is 19.1. The molecule has 1 saturated heterocycles. The van der Waals surface area contributed by atoms with E-state index in [1.165, 1.54) is 0 Å². The average molecular weight is 471 g/mol. The lowest BCUT2D eigenvalue weighted by Gasteiger charge is -2.47. The van der Waals surface area contributed by atoms with Crippen LogP contribution in [0.25, 0.3) is 22.5 Å². The summed E-state index contributed by atoms with van der Waals surface area (Å²) in [4.78, 5) is 12.7. The SMILES string of the molecule is C[N+]1(C)CCC(C([O-])=Nc2cccc(-c3ncc(F)cn3)c2)(c2ccc(-c3cn[nH]c3)cc2)CC1. The largest absolute Gasteiger partial charge is 0.861 e. The molecule has 0 aliphatic carbocycles. The van der Waals surface area contributed by atoms with Gasteiger partial charge in [0, 0.05) is 35.6 Å². The highest BCUT2D eigenvalue weighted by Crippen LogP contribution is 2.39. The highest BCUT2D eigenvalue weighted by Gasteiger charge is 2.41. The second-order valence-electron chi connectivity index (χ2n) is 9.72. The quantitative estimate of drug-likeness (QED) is 0.272. The number of piperidine rings is 1. The van der Waals surface area contributed by atoms with Crippen molar-refractivity contribution in [2.24, 2.45) is 4.99 Å². The number of H-pyrrole nitrogens is 1. The zero-order valence-electron chi connectivity index (χ0n) is 19.8. The molecule has 0 saturated carbocycles. The Morgan fingerprint density at radius 2 is 1.69 bits per heavy atom. The summed E-state index contributed by atoms with van der Waals surface area (Å²) >= 11 is 0. The first kappa shape index (κ1) is 22.9. The van der Waals surface area contributed by atoms with Gasteiger partial charge in [-0.1, -0.05) is 36.4 Å². The number of benzene rings is 2. The number of nitrogens with one attached hydrogen (secondary N) is 1. The van der Waals surface area contributed by atoms with Crippen molar-refractivity contribution in [3.05, 3.63) is 84.7 Å². The molecule has 0 bridgehead atoms. The van der Waals surface area contributed by atoms with Gasteiger partial charge in [-0.15, -0.1) is 0 Å². The van der Waals surface area contributed by atoms with Crippen molar-refractivity contribution in [3.8, 4) is 22.5 Å². The van der Waals surface area contributed by atoms with Crippen LogP contribution in [0.15, 0.2) is 78.3 Å². The molecule has 1 aliphatic heterocycles. The fourth-order valence-electron chi connectivity index (χ4n) is 4.64. The Morgan fingerprint density at radius 1 is 0.971 bits per heavy atom. The Bertz CT molecular complexity index is 1320. The van der Waals surface area contributed by atoms with Gasteiger partial charge in [-0.3, -0.25) is 10.1 Å². The number of rotatable bonds is 5. The van der Waals surface area contributed by atoms with Crippen LogP contribution in [0.5, 0.6) is 0 Å². The molecule has 1 aliphatic rings.